The van der Waals surface area contributed by atoms with Gasteiger partial charge in [-0.3, -0.25) is 9.69 Å². The van der Waals surface area contributed by atoms with E-state index in [9.17, 15) is 4.79 Å². The van der Waals surface area contributed by atoms with Crippen LogP contribution in [0.25, 0.3) is 0 Å². The molecule has 0 bridgehead atoms. The molecule has 4 heteroatoms. The Morgan fingerprint density at radius 1 is 1.35 bits per heavy atom. The van der Waals surface area contributed by atoms with Crippen LogP contribution >= 0.6 is 11.8 Å². The van der Waals surface area contributed by atoms with Crippen LogP contribution in [-0.4, -0.2) is 40.8 Å². The fourth-order valence-electron chi connectivity index (χ4n) is 2.25. The second-order valence-corrected chi connectivity index (χ2v) is 7.55. The molecule has 0 aliphatic carbocycles. The summed E-state index contributed by atoms with van der Waals surface area (Å²) in [5.74, 6) is 1.22. The highest BCUT2D eigenvalue weighted by molar-refractivity contribution is 8.00. The maximum atomic E-state index is 12.3. The zero-order valence-electron chi connectivity index (χ0n) is 12.1. The SMILES string of the molecule is CC1(C)CCN(CC(=O)c2ccc(C#N)cc2)CCS1. The Morgan fingerprint density at radius 3 is 2.70 bits per heavy atom. The summed E-state index contributed by atoms with van der Waals surface area (Å²) in [5, 5.41) is 8.76. The number of hydrogen-bond donors (Lipinski definition) is 0. The van der Waals surface area contributed by atoms with Crippen LogP contribution in [-0.2, 0) is 0 Å². The smallest absolute Gasteiger partial charge is 0.176 e. The Hall–Kier alpha value is -1.31. The van der Waals surface area contributed by atoms with Crippen molar-refractivity contribution >= 4 is 17.5 Å². The first-order chi connectivity index (χ1) is 9.50. The summed E-state index contributed by atoms with van der Waals surface area (Å²) in [6.07, 6.45) is 1.11. The van der Waals surface area contributed by atoms with E-state index in [0.717, 1.165) is 25.3 Å². The molecule has 0 spiro atoms. The van der Waals surface area contributed by atoms with Crippen LogP contribution in [0.4, 0.5) is 0 Å². The van der Waals surface area contributed by atoms with Crippen LogP contribution in [0.5, 0.6) is 0 Å². The molecule has 1 aliphatic rings. The standard InChI is InChI=1S/C16H20N2OS/c1-16(2)7-8-18(9-10-20-16)12-15(19)14-5-3-13(11-17)4-6-14/h3-6H,7-10,12H2,1-2H3. The molecule has 0 atom stereocenters. The Balaban J connectivity index is 1.95. The molecular formula is C16H20N2OS. The summed E-state index contributed by atoms with van der Waals surface area (Å²) in [6, 6.07) is 8.97. The van der Waals surface area contributed by atoms with Crippen molar-refractivity contribution in [1.82, 2.24) is 4.90 Å². The number of nitriles is 1. The topological polar surface area (TPSA) is 44.1 Å². The van der Waals surface area contributed by atoms with Crippen molar-refractivity contribution in [2.24, 2.45) is 0 Å². The van der Waals surface area contributed by atoms with Crippen LogP contribution in [0.15, 0.2) is 24.3 Å². The molecule has 0 aromatic heterocycles. The van der Waals surface area contributed by atoms with Gasteiger partial charge in [-0.25, -0.2) is 0 Å². The average molecular weight is 288 g/mol. The van der Waals surface area contributed by atoms with Crippen LogP contribution in [0.2, 0.25) is 0 Å². The van der Waals surface area contributed by atoms with Crippen molar-refractivity contribution in [3.05, 3.63) is 35.4 Å². The van der Waals surface area contributed by atoms with Gasteiger partial charge in [0.15, 0.2) is 5.78 Å². The van der Waals surface area contributed by atoms with Crippen molar-refractivity contribution in [2.45, 2.75) is 25.0 Å². The lowest BCUT2D eigenvalue weighted by Crippen LogP contribution is -2.32. The maximum absolute atomic E-state index is 12.3. The van der Waals surface area contributed by atoms with Crippen molar-refractivity contribution in [2.75, 3.05) is 25.4 Å². The van der Waals surface area contributed by atoms with Gasteiger partial charge in [-0.1, -0.05) is 26.0 Å². The first-order valence-electron chi connectivity index (χ1n) is 6.90. The molecule has 0 amide bonds. The maximum Gasteiger partial charge on any atom is 0.176 e. The van der Waals surface area contributed by atoms with Gasteiger partial charge < -0.3 is 0 Å². The summed E-state index contributed by atoms with van der Waals surface area (Å²) >= 11 is 1.98. The molecule has 1 aliphatic heterocycles. The minimum atomic E-state index is 0.138. The molecule has 0 saturated carbocycles. The number of carbonyl (C=O) groups is 1. The monoisotopic (exact) mass is 288 g/mol. The van der Waals surface area contributed by atoms with Gasteiger partial charge in [-0.2, -0.15) is 17.0 Å². The molecular weight excluding hydrogens is 268 g/mol. The van der Waals surface area contributed by atoms with Gasteiger partial charge in [-0.15, -0.1) is 0 Å². The zero-order chi connectivity index (χ0) is 14.6. The largest absolute Gasteiger partial charge is 0.295 e. The van der Waals surface area contributed by atoms with E-state index in [1.54, 1.807) is 24.3 Å². The highest BCUT2D eigenvalue weighted by atomic mass is 32.2. The van der Waals surface area contributed by atoms with Gasteiger partial charge in [-0.05, 0) is 25.1 Å². The van der Waals surface area contributed by atoms with Gasteiger partial charge >= 0.3 is 0 Å². The molecule has 0 unspecified atom stereocenters. The van der Waals surface area contributed by atoms with Crippen LogP contribution in [0.3, 0.4) is 0 Å². The minimum absolute atomic E-state index is 0.138. The van der Waals surface area contributed by atoms with E-state index in [1.165, 1.54) is 0 Å². The lowest BCUT2D eigenvalue weighted by molar-refractivity contribution is 0.0934. The number of benzene rings is 1. The molecule has 1 heterocycles. The molecule has 1 aromatic carbocycles. The predicted octanol–water partition coefficient (Wildman–Crippen LogP) is 2.96. The van der Waals surface area contributed by atoms with Crippen LogP contribution in [0.1, 0.15) is 36.2 Å². The normalized spacial score (nSPS) is 19.1. The van der Waals surface area contributed by atoms with E-state index < -0.39 is 0 Å². The second kappa shape index (κ2) is 6.43. The van der Waals surface area contributed by atoms with Crippen molar-refractivity contribution in [3.63, 3.8) is 0 Å². The first-order valence-corrected chi connectivity index (χ1v) is 7.88. The van der Waals surface area contributed by atoms with Crippen LogP contribution in [0, 0.1) is 11.3 Å². The highest BCUT2D eigenvalue weighted by Crippen LogP contribution is 2.30. The fourth-order valence-corrected chi connectivity index (χ4v) is 3.38. The summed E-state index contributed by atoms with van der Waals surface area (Å²) in [4.78, 5) is 14.5. The van der Waals surface area contributed by atoms with Crippen molar-refractivity contribution < 1.29 is 4.79 Å². The number of ketones is 1. The summed E-state index contributed by atoms with van der Waals surface area (Å²) in [5.41, 5.74) is 1.29. The molecule has 1 saturated heterocycles. The lowest BCUT2D eigenvalue weighted by atomic mass is 10.1. The first kappa shape index (κ1) is 15.1. The highest BCUT2D eigenvalue weighted by Gasteiger charge is 2.24. The summed E-state index contributed by atoms with van der Waals surface area (Å²) in [6.45, 7) is 6.95. The van der Waals surface area contributed by atoms with E-state index >= 15 is 0 Å². The van der Waals surface area contributed by atoms with Gasteiger partial charge in [0.1, 0.15) is 0 Å². The number of thioether (sulfide) groups is 1. The quantitative estimate of drug-likeness (QED) is 0.802. The number of carbonyl (C=O) groups excluding carboxylic acids is 1. The van der Waals surface area contributed by atoms with E-state index in [4.69, 9.17) is 5.26 Å². The molecule has 3 nitrogen and oxygen atoms in total. The van der Waals surface area contributed by atoms with Crippen LogP contribution < -0.4 is 0 Å². The Bertz CT molecular complexity index is 516. The predicted molar refractivity (Wildman–Crippen MR) is 83.1 cm³/mol. The van der Waals surface area contributed by atoms with Gasteiger partial charge in [0.2, 0.25) is 0 Å². The Labute approximate surface area is 125 Å². The van der Waals surface area contributed by atoms with E-state index in [0.29, 0.717) is 22.4 Å². The minimum Gasteiger partial charge on any atom is -0.295 e. The second-order valence-electron chi connectivity index (χ2n) is 5.75. The number of rotatable bonds is 3. The average Bonchev–Trinajstić information content (AvgIpc) is 2.60. The third-order valence-electron chi connectivity index (χ3n) is 3.63. The summed E-state index contributed by atoms with van der Waals surface area (Å²) < 4.78 is 0.312. The third kappa shape index (κ3) is 4.09. The van der Waals surface area contributed by atoms with Gasteiger partial charge in [0, 0.05) is 22.6 Å². The molecule has 106 valence electrons. The Kier molecular flexibility index (Phi) is 4.85. The van der Waals surface area contributed by atoms with E-state index in [2.05, 4.69) is 24.8 Å². The third-order valence-corrected chi connectivity index (χ3v) is 5.01. The number of nitrogens with zero attached hydrogens (tertiary/aromatic N) is 2. The molecule has 1 aromatic rings. The molecule has 0 N–H and O–H groups in total. The lowest BCUT2D eigenvalue weighted by Gasteiger charge is -2.22. The van der Waals surface area contributed by atoms with Gasteiger partial charge in [0.05, 0.1) is 18.2 Å². The number of hydrogen-bond acceptors (Lipinski definition) is 4. The molecule has 20 heavy (non-hydrogen) atoms. The molecule has 1 fully saturated rings. The molecule has 0 radical (unpaired) electrons. The van der Waals surface area contributed by atoms with E-state index in [1.807, 2.05) is 11.8 Å². The fraction of sp³-hybridized carbons (Fsp3) is 0.500. The number of Topliss-reactive ketones (excluding diaryl/α,β-unsaturated/α-hetero) is 1. The van der Waals surface area contributed by atoms with E-state index in [-0.39, 0.29) is 5.78 Å². The van der Waals surface area contributed by atoms with Crippen molar-refractivity contribution in [1.29, 1.82) is 5.26 Å². The molecule has 2 rings (SSSR count). The van der Waals surface area contributed by atoms with Crippen molar-refractivity contribution in [3.8, 4) is 6.07 Å². The summed E-state index contributed by atoms with van der Waals surface area (Å²) in [7, 11) is 0. The Morgan fingerprint density at radius 2 is 2.05 bits per heavy atom. The van der Waals surface area contributed by atoms with Gasteiger partial charge in [0.25, 0.3) is 0 Å². The zero-order valence-corrected chi connectivity index (χ0v) is 12.9.